The zero-order valence-corrected chi connectivity index (χ0v) is 12.9. The van der Waals surface area contributed by atoms with Crippen molar-refractivity contribution in [2.45, 2.75) is 13.8 Å². The van der Waals surface area contributed by atoms with Gasteiger partial charge in [0, 0.05) is 18.0 Å². The minimum absolute atomic E-state index is 0.0816. The van der Waals surface area contributed by atoms with Crippen molar-refractivity contribution in [1.82, 2.24) is 4.98 Å². The first-order valence-corrected chi connectivity index (χ1v) is 7.20. The number of hydrogen-bond acceptors (Lipinski definition) is 6. The molecular formula is C17H17NO5. The van der Waals surface area contributed by atoms with Crippen LogP contribution in [0.25, 0.3) is 11.1 Å². The van der Waals surface area contributed by atoms with Crippen molar-refractivity contribution in [3.8, 4) is 16.9 Å². The van der Waals surface area contributed by atoms with Crippen molar-refractivity contribution in [3.05, 3.63) is 47.8 Å². The maximum atomic E-state index is 12.2. The lowest BCUT2D eigenvalue weighted by atomic mass is 9.96. The molecule has 23 heavy (non-hydrogen) atoms. The van der Waals surface area contributed by atoms with Crippen LogP contribution in [-0.4, -0.2) is 35.2 Å². The fourth-order valence-corrected chi connectivity index (χ4v) is 2.13. The molecule has 0 aliphatic carbocycles. The molecule has 0 aliphatic rings. The standard InChI is InChI=1S/C17H17NO5/c1-3-22-16(20)13-9-18-10-14(17(21)23-4-2)15(13)11-5-7-12(19)8-6-11/h5-10,19H,3-4H2,1-2H3. The number of rotatable bonds is 5. The Hall–Kier alpha value is -2.89. The predicted octanol–water partition coefficient (Wildman–Crippen LogP) is 2.81. The number of aromatic hydroxyl groups is 1. The van der Waals surface area contributed by atoms with Gasteiger partial charge in [0.25, 0.3) is 0 Å². The van der Waals surface area contributed by atoms with Crippen LogP contribution in [0.1, 0.15) is 34.6 Å². The number of nitrogens with zero attached hydrogens (tertiary/aromatic N) is 1. The van der Waals surface area contributed by atoms with Gasteiger partial charge < -0.3 is 14.6 Å². The lowest BCUT2D eigenvalue weighted by Crippen LogP contribution is -2.13. The molecule has 0 bridgehead atoms. The molecule has 2 rings (SSSR count). The van der Waals surface area contributed by atoms with Gasteiger partial charge in [0.1, 0.15) is 5.75 Å². The highest BCUT2D eigenvalue weighted by molar-refractivity contribution is 6.05. The molecule has 1 heterocycles. The largest absolute Gasteiger partial charge is 0.508 e. The molecule has 1 aromatic carbocycles. The number of phenols is 1. The number of aromatic nitrogens is 1. The number of phenolic OH excluding ortho intramolecular Hbond substituents is 1. The molecule has 6 heteroatoms. The molecule has 0 saturated carbocycles. The van der Waals surface area contributed by atoms with Gasteiger partial charge in [-0.3, -0.25) is 4.98 Å². The molecule has 0 unspecified atom stereocenters. The minimum atomic E-state index is -0.575. The second kappa shape index (κ2) is 7.40. The van der Waals surface area contributed by atoms with Crippen LogP contribution < -0.4 is 0 Å². The van der Waals surface area contributed by atoms with E-state index in [0.29, 0.717) is 11.1 Å². The van der Waals surface area contributed by atoms with E-state index in [4.69, 9.17) is 9.47 Å². The Balaban J connectivity index is 2.63. The molecule has 2 aromatic rings. The highest BCUT2D eigenvalue weighted by Gasteiger charge is 2.22. The van der Waals surface area contributed by atoms with Crippen LogP contribution in [0.2, 0.25) is 0 Å². The third-order valence-corrected chi connectivity index (χ3v) is 3.09. The van der Waals surface area contributed by atoms with Crippen molar-refractivity contribution in [3.63, 3.8) is 0 Å². The van der Waals surface area contributed by atoms with Crippen LogP contribution in [0.4, 0.5) is 0 Å². The van der Waals surface area contributed by atoms with E-state index in [9.17, 15) is 14.7 Å². The number of ether oxygens (including phenoxy) is 2. The van der Waals surface area contributed by atoms with Crippen LogP contribution in [0.15, 0.2) is 36.7 Å². The quantitative estimate of drug-likeness (QED) is 0.854. The lowest BCUT2D eigenvalue weighted by Gasteiger charge is -2.13. The molecule has 1 N–H and O–H groups in total. The fourth-order valence-electron chi connectivity index (χ4n) is 2.13. The van der Waals surface area contributed by atoms with Gasteiger partial charge >= 0.3 is 11.9 Å². The van der Waals surface area contributed by atoms with Gasteiger partial charge in [-0.25, -0.2) is 9.59 Å². The van der Waals surface area contributed by atoms with Crippen LogP contribution in [0.5, 0.6) is 5.75 Å². The molecule has 1 aromatic heterocycles. The van der Waals surface area contributed by atoms with Gasteiger partial charge in [-0.1, -0.05) is 12.1 Å². The van der Waals surface area contributed by atoms with Crippen LogP contribution in [0.3, 0.4) is 0 Å². The average Bonchev–Trinajstić information content (AvgIpc) is 2.55. The van der Waals surface area contributed by atoms with E-state index in [0.717, 1.165) is 0 Å². The van der Waals surface area contributed by atoms with E-state index in [1.165, 1.54) is 24.5 Å². The summed E-state index contributed by atoms with van der Waals surface area (Å²) in [4.78, 5) is 28.3. The van der Waals surface area contributed by atoms with Gasteiger partial charge in [0.05, 0.1) is 24.3 Å². The number of pyridine rings is 1. The number of carbonyl (C=O) groups excluding carboxylic acids is 2. The summed E-state index contributed by atoms with van der Waals surface area (Å²) in [6.07, 6.45) is 2.70. The van der Waals surface area contributed by atoms with Crippen molar-refractivity contribution < 1.29 is 24.2 Å². The fraction of sp³-hybridized carbons (Fsp3) is 0.235. The number of hydrogen-bond donors (Lipinski definition) is 1. The number of benzene rings is 1. The van der Waals surface area contributed by atoms with Gasteiger partial charge in [-0.05, 0) is 31.5 Å². The zero-order valence-electron chi connectivity index (χ0n) is 12.9. The smallest absolute Gasteiger partial charge is 0.340 e. The second-order valence-corrected chi connectivity index (χ2v) is 4.60. The summed E-state index contributed by atoms with van der Waals surface area (Å²) in [5.74, 6) is -1.07. The van der Waals surface area contributed by atoms with Gasteiger partial charge in [-0.2, -0.15) is 0 Å². The molecular weight excluding hydrogens is 298 g/mol. The molecule has 0 atom stereocenters. The maximum absolute atomic E-state index is 12.2. The van der Waals surface area contributed by atoms with E-state index >= 15 is 0 Å². The molecule has 0 spiro atoms. The Morgan fingerprint density at radius 2 is 1.43 bits per heavy atom. The Bertz CT molecular complexity index is 673. The second-order valence-electron chi connectivity index (χ2n) is 4.60. The van der Waals surface area contributed by atoms with Gasteiger partial charge in [0.15, 0.2) is 0 Å². The third kappa shape index (κ3) is 3.66. The van der Waals surface area contributed by atoms with Crippen molar-refractivity contribution >= 4 is 11.9 Å². The maximum Gasteiger partial charge on any atom is 0.340 e. The van der Waals surface area contributed by atoms with E-state index in [-0.39, 0.29) is 30.1 Å². The molecule has 0 fully saturated rings. The van der Waals surface area contributed by atoms with Crippen molar-refractivity contribution in [1.29, 1.82) is 0 Å². The molecule has 120 valence electrons. The van der Waals surface area contributed by atoms with E-state index in [1.807, 2.05) is 0 Å². The Labute approximate surface area is 133 Å². The molecule has 0 radical (unpaired) electrons. The lowest BCUT2D eigenvalue weighted by molar-refractivity contribution is 0.0526. The number of esters is 2. The Morgan fingerprint density at radius 3 is 1.87 bits per heavy atom. The van der Waals surface area contributed by atoms with Crippen LogP contribution >= 0.6 is 0 Å². The van der Waals surface area contributed by atoms with Crippen molar-refractivity contribution in [2.24, 2.45) is 0 Å². The third-order valence-electron chi connectivity index (χ3n) is 3.09. The van der Waals surface area contributed by atoms with E-state index in [1.54, 1.807) is 26.0 Å². The number of carbonyl (C=O) groups is 2. The highest BCUT2D eigenvalue weighted by Crippen LogP contribution is 2.29. The van der Waals surface area contributed by atoms with Gasteiger partial charge in [-0.15, -0.1) is 0 Å². The average molecular weight is 315 g/mol. The monoisotopic (exact) mass is 315 g/mol. The SMILES string of the molecule is CCOC(=O)c1cncc(C(=O)OCC)c1-c1ccc(O)cc1. The molecule has 0 saturated heterocycles. The van der Waals surface area contributed by atoms with E-state index < -0.39 is 11.9 Å². The summed E-state index contributed by atoms with van der Waals surface area (Å²) in [6.45, 7) is 3.80. The first-order valence-electron chi connectivity index (χ1n) is 7.20. The summed E-state index contributed by atoms with van der Waals surface area (Å²) in [5, 5.41) is 9.43. The van der Waals surface area contributed by atoms with Gasteiger partial charge in [0.2, 0.25) is 0 Å². The first kappa shape index (κ1) is 16.5. The molecule has 0 amide bonds. The molecule has 6 nitrogen and oxygen atoms in total. The Morgan fingerprint density at radius 1 is 0.957 bits per heavy atom. The first-order chi connectivity index (χ1) is 11.1. The van der Waals surface area contributed by atoms with Crippen LogP contribution in [-0.2, 0) is 9.47 Å². The van der Waals surface area contributed by atoms with Crippen LogP contribution in [0, 0.1) is 0 Å². The summed E-state index contributed by atoms with van der Waals surface area (Å²) in [6, 6.07) is 6.16. The summed E-state index contributed by atoms with van der Waals surface area (Å²) >= 11 is 0. The summed E-state index contributed by atoms with van der Waals surface area (Å²) < 4.78 is 10.1. The van der Waals surface area contributed by atoms with E-state index in [2.05, 4.69) is 4.98 Å². The normalized spacial score (nSPS) is 10.2. The summed E-state index contributed by atoms with van der Waals surface area (Å²) in [5.41, 5.74) is 1.29. The molecule has 0 aliphatic heterocycles. The predicted molar refractivity (Wildman–Crippen MR) is 83.3 cm³/mol. The minimum Gasteiger partial charge on any atom is -0.508 e. The zero-order chi connectivity index (χ0) is 16.8. The van der Waals surface area contributed by atoms with Crippen molar-refractivity contribution in [2.75, 3.05) is 13.2 Å². The highest BCUT2D eigenvalue weighted by atomic mass is 16.5. The Kier molecular flexibility index (Phi) is 5.30. The topological polar surface area (TPSA) is 85.7 Å². The summed E-state index contributed by atoms with van der Waals surface area (Å²) in [7, 11) is 0.